The highest BCUT2D eigenvalue weighted by atomic mass is 14.9. The molecule has 0 heterocycles. The van der Waals surface area contributed by atoms with Crippen LogP contribution in [-0.2, 0) is 0 Å². The first-order chi connectivity index (χ1) is 8.13. The first kappa shape index (κ1) is 12.6. The second kappa shape index (κ2) is 5.22. The van der Waals surface area contributed by atoms with E-state index in [0.29, 0.717) is 6.04 Å². The normalized spacial score (nSPS) is 18.6. The summed E-state index contributed by atoms with van der Waals surface area (Å²) >= 11 is 0. The van der Waals surface area contributed by atoms with Gasteiger partial charge in [0.2, 0.25) is 0 Å². The van der Waals surface area contributed by atoms with Gasteiger partial charge in [-0.15, -0.1) is 0 Å². The second-order valence-corrected chi connectivity index (χ2v) is 5.62. The molecule has 17 heavy (non-hydrogen) atoms. The number of hydrogen-bond acceptors (Lipinski definition) is 1. The van der Waals surface area contributed by atoms with Crippen LogP contribution in [0.3, 0.4) is 0 Å². The van der Waals surface area contributed by atoms with Gasteiger partial charge in [-0.25, -0.2) is 0 Å². The summed E-state index contributed by atoms with van der Waals surface area (Å²) in [7, 11) is 2.11. The summed E-state index contributed by atoms with van der Waals surface area (Å²) in [4.78, 5) is 0. The van der Waals surface area contributed by atoms with Gasteiger partial charge in [-0.3, -0.25) is 0 Å². The van der Waals surface area contributed by atoms with Crippen LogP contribution < -0.4 is 5.32 Å². The van der Waals surface area contributed by atoms with E-state index in [1.54, 1.807) is 5.56 Å². The van der Waals surface area contributed by atoms with Crippen molar-refractivity contribution >= 4 is 0 Å². The van der Waals surface area contributed by atoms with Gasteiger partial charge in [-0.2, -0.15) is 0 Å². The molecule has 0 amide bonds. The van der Waals surface area contributed by atoms with Gasteiger partial charge in [0.1, 0.15) is 0 Å². The SMILES string of the molecule is CNC(c1c(C)cc(C)cc1C)C1CCCC1. The largest absolute Gasteiger partial charge is 0.313 e. The molecular weight excluding hydrogens is 206 g/mol. The predicted molar refractivity (Wildman–Crippen MR) is 74.4 cm³/mol. The smallest absolute Gasteiger partial charge is 0.0351 e. The van der Waals surface area contributed by atoms with Crippen LogP contribution in [0.1, 0.15) is 54.0 Å². The van der Waals surface area contributed by atoms with Crippen LogP contribution in [0, 0.1) is 26.7 Å². The molecule has 94 valence electrons. The Kier molecular flexibility index (Phi) is 3.88. The van der Waals surface area contributed by atoms with Gasteiger partial charge in [-0.05, 0) is 63.3 Å². The Labute approximate surface area is 106 Å². The minimum absolute atomic E-state index is 0.554. The first-order valence-electron chi connectivity index (χ1n) is 6.88. The van der Waals surface area contributed by atoms with Crippen LogP contribution >= 0.6 is 0 Å². The third-order valence-electron chi connectivity index (χ3n) is 4.23. The van der Waals surface area contributed by atoms with E-state index in [2.05, 4.69) is 45.3 Å². The van der Waals surface area contributed by atoms with Gasteiger partial charge in [0, 0.05) is 6.04 Å². The molecule has 1 saturated carbocycles. The van der Waals surface area contributed by atoms with Crippen molar-refractivity contribution in [3.8, 4) is 0 Å². The van der Waals surface area contributed by atoms with Crippen molar-refractivity contribution in [2.75, 3.05) is 7.05 Å². The summed E-state index contributed by atoms with van der Waals surface area (Å²) in [6.45, 7) is 6.71. The third kappa shape index (κ3) is 2.55. The van der Waals surface area contributed by atoms with E-state index in [0.717, 1.165) is 5.92 Å². The average molecular weight is 231 g/mol. The van der Waals surface area contributed by atoms with Gasteiger partial charge in [-0.1, -0.05) is 30.5 Å². The van der Waals surface area contributed by atoms with E-state index in [9.17, 15) is 0 Å². The molecule has 1 unspecified atom stereocenters. The summed E-state index contributed by atoms with van der Waals surface area (Å²) in [6.07, 6.45) is 5.59. The molecule has 1 aliphatic carbocycles. The Hall–Kier alpha value is -0.820. The minimum atomic E-state index is 0.554. The molecular formula is C16H25N. The maximum Gasteiger partial charge on any atom is 0.0351 e. The molecule has 0 saturated heterocycles. The quantitative estimate of drug-likeness (QED) is 0.827. The van der Waals surface area contributed by atoms with E-state index in [1.165, 1.54) is 42.4 Å². The van der Waals surface area contributed by atoms with Crippen molar-refractivity contribution in [3.05, 3.63) is 34.4 Å². The zero-order chi connectivity index (χ0) is 12.4. The van der Waals surface area contributed by atoms with Crippen LogP contribution in [0.15, 0.2) is 12.1 Å². The third-order valence-corrected chi connectivity index (χ3v) is 4.23. The predicted octanol–water partition coefficient (Wildman–Crippen LogP) is 4.06. The van der Waals surface area contributed by atoms with Crippen molar-refractivity contribution in [3.63, 3.8) is 0 Å². The molecule has 1 atom stereocenters. The van der Waals surface area contributed by atoms with Crippen molar-refractivity contribution < 1.29 is 0 Å². The van der Waals surface area contributed by atoms with Crippen molar-refractivity contribution in [1.29, 1.82) is 0 Å². The molecule has 0 spiro atoms. The lowest BCUT2D eigenvalue weighted by Gasteiger charge is -2.27. The lowest BCUT2D eigenvalue weighted by molar-refractivity contribution is 0.388. The molecule has 1 aliphatic rings. The van der Waals surface area contributed by atoms with Gasteiger partial charge in [0.15, 0.2) is 0 Å². The monoisotopic (exact) mass is 231 g/mol. The van der Waals surface area contributed by atoms with Crippen molar-refractivity contribution in [2.24, 2.45) is 5.92 Å². The summed E-state index contributed by atoms with van der Waals surface area (Å²) in [5.74, 6) is 0.833. The lowest BCUT2D eigenvalue weighted by atomic mass is 9.86. The zero-order valence-corrected chi connectivity index (χ0v) is 11.6. The fourth-order valence-corrected chi connectivity index (χ4v) is 3.59. The van der Waals surface area contributed by atoms with E-state index >= 15 is 0 Å². The highest BCUT2D eigenvalue weighted by Crippen LogP contribution is 2.38. The summed E-state index contributed by atoms with van der Waals surface area (Å²) in [6, 6.07) is 5.20. The Morgan fingerprint density at radius 3 is 2.06 bits per heavy atom. The fourth-order valence-electron chi connectivity index (χ4n) is 3.59. The Morgan fingerprint density at radius 1 is 1.06 bits per heavy atom. The Balaban J connectivity index is 2.36. The van der Waals surface area contributed by atoms with Crippen molar-refractivity contribution in [2.45, 2.75) is 52.5 Å². The molecule has 2 rings (SSSR count). The molecule has 1 fully saturated rings. The molecule has 0 aromatic heterocycles. The highest BCUT2D eigenvalue weighted by molar-refractivity contribution is 5.40. The van der Waals surface area contributed by atoms with Crippen LogP contribution in [-0.4, -0.2) is 7.05 Å². The zero-order valence-electron chi connectivity index (χ0n) is 11.6. The molecule has 1 nitrogen and oxygen atoms in total. The molecule has 0 aliphatic heterocycles. The van der Waals surface area contributed by atoms with Crippen LogP contribution in [0.25, 0.3) is 0 Å². The van der Waals surface area contributed by atoms with Crippen LogP contribution in [0.4, 0.5) is 0 Å². The number of benzene rings is 1. The average Bonchev–Trinajstić information content (AvgIpc) is 2.76. The molecule has 1 aromatic rings. The lowest BCUT2D eigenvalue weighted by Crippen LogP contribution is -2.25. The van der Waals surface area contributed by atoms with Crippen LogP contribution in [0.5, 0.6) is 0 Å². The van der Waals surface area contributed by atoms with E-state index < -0.39 is 0 Å². The standard InChI is InChI=1S/C16H25N/c1-11-9-12(2)15(13(3)10-11)16(17-4)14-7-5-6-8-14/h9-10,14,16-17H,5-8H2,1-4H3. The fraction of sp³-hybridized carbons (Fsp3) is 0.625. The number of hydrogen-bond donors (Lipinski definition) is 1. The first-order valence-corrected chi connectivity index (χ1v) is 6.88. The Bertz CT molecular complexity index is 366. The Morgan fingerprint density at radius 2 is 1.59 bits per heavy atom. The van der Waals surface area contributed by atoms with E-state index in [4.69, 9.17) is 0 Å². The second-order valence-electron chi connectivity index (χ2n) is 5.62. The molecule has 0 radical (unpaired) electrons. The maximum atomic E-state index is 3.56. The van der Waals surface area contributed by atoms with Gasteiger partial charge >= 0.3 is 0 Å². The number of aryl methyl sites for hydroxylation is 3. The number of rotatable bonds is 3. The van der Waals surface area contributed by atoms with Crippen molar-refractivity contribution in [1.82, 2.24) is 5.32 Å². The summed E-state index contributed by atoms with van der Waals surface area (Å²) < 4.78 is 0. The highest BCUT2D eigenvalue weighted by Gasteiger charge is 2.27. The minimum Gasteiger partial charge on any atom is -0.313 e. The molecule has 1 aromatic carbocycles. The summed E-state index contributed by atoms with van der Waals surface area (Å²) in [5, 5.41) is 3.56. The van der Waals surface area contributed by atoms with E-state index in [1.807, 2.05) is 0 Å². The number of nitrogens with one attached hydrogen (secondary N) is 1. The molecule has 1 heteroatoms. The topological polar surface area (TPSA) is 12.0 Å². The van der Waals surface area contributed by atoms with E-state index in [-0.39, 0.29) is 0 Å². The van der Waals surface area contributed by atoms with Crippen LogP contribution in [0.2, 0.25) is 0 Å². The van der Waals surface area contributed by atoms with Gasteiger partial charge in [0.25, 0.3) is 0 Å². The molecule has 0 bridgehead atoms. The van der Waals surface area contributed by atoms with Gasteiger partial charge in [0.05, 0.1) is 0 Å². The molecule has 1 N–H and O–H groups in total. The maximum absolute atomic E-state index is 3.56. The summed E-state index contributed by atoms with van der Waals surface area (Å²) in [5.41, 5.74) is 5.83. The van der Waals surface area contributed by atoms with Gasteiger partial charge < -0.3 is 5.32 Å².